The Hall–Kier alpha value is -2.35. The number of amides is 2. The molecule has 2 rings (SSSR count). The maximum atomic E-state index is 12.1. The van der Waals surface area contributed by atoms with Crippen LogP contribution in [0.1, 0.15) is 27.2 Å². The Morgan fingerprint density at radius 3 is 2.67 bits per heavy atom. The number of anilines is 1. The number of nitrogens with zero attached hydrogens (tertiary/aromatic N) is 2. The van der Waals surface area contributed by atoms with Crippen molar-refractivity contribution in [1.29, 1.82) is 0 Å². The Labute approximate surface area is 144 Å². The van der Waals surface area contributed by atoms with Crippen LogP contribution in [0.15, 0.2) is 34.5 Å². The summed E-state index contributed by atoms with van der Waals surface area (Å²) in [6.45, 7) is 6.12. The molecule has 1 atom stereocenters. The number of thioether (sulfide) groups is 1. The van der Waals surface area contributed by atoms with Gasteiger partial charge in [0.25, 0.3) is 0 Å². The monoisotopic (exact) mass is 348 g/mol. The molecule has 0 radical (unpaired) electrons. The van der Waals surface area contributed by atoms with Gasteiger partial charge in [0.2, 0.25) is 11.8 Å². The second kappa shape index (κ2) is 8.49. The number of nitrogens with one attached hydrogen (secondary N) is 2. The van der Waals surface area contributed by atoms with E-state index in [-0.39, 0.29) is 18.2 Å². The fraction of sp³-hybridized carbons (Fsp3) is 0.375. The SMILES string of the molecule is CCOc1ccc(NC(=O)CC2S/C(=N\N=C(C)C)NC2=O)cc1. The van der Waals surface area contributed by atoms with E-state index < -0.39 is 5.25 Å². The largest absolute Gasteiger partial charge is 0.494 e. The minimum atomic E-state index is -0.501. The average Bonchev–Trinajstić information content (AvgIpc) is 2.87. The molecule has 24 heavy (non-hydrogen) atoms. The standard InChI is InChI=1S/C16H20N4O3S/c1-4-23-12-7-5-11(6-8-12)17-14(21)9-13-15(22)18-16(24-13)20-19-10(2)3/h5-8,13H,4,9H2,1-3H3,(H,17,21)(H,18,20,22). The second-order valence-electron chi connectivity index (χ2n) is 5.26. The van der Waals surface area contributed by atoms with Crippen LogP contribution in [0.4, 0.5) is 5.69 Å². The Morgan fingerprint density at radius 1 is 1.33 bits per heavy atom. The van der Waals surface area contributed by atoms with Gasteiger partial charge in [0.15, 0.2) is 5.17 Å². The molecule has 1 aliphatic heterocycles. The van der Waals surface area contributed by atoms with Gasteiger partial charge in [0.05, 0.1) is 6.61 Å². The highest BCUT2D eigenvalue weighted by molar-refractivity contribution is 8.15. The molecule has 0 saturated carbocycles. The van der Waals surface area contributed by atoms with Gasteiger partial charge in [-0.2, -0.15) is 5.10 Å². The van der Waals surface area contributed by atoms with Crippen LogP contribution in [0.25, 0.3) is 0 Å². The topological polar surface area (TPSA) is 92.2 Å². The first-order valence-electron chi connectivity index (χ1n) is 7.57. The molecule has 2 N–H and O–H groups in total. The molecule has 2 amide bonds. The molecule has 8 heteroatoms. The predicted octanol–water partition coefficient (Wildman–Crippen LogP) is 2.40. The van der Waals surface area contributed by atoms with Crippen molar-refractivity contribution in [2.75, 3.05) is 11.9 Å². The van der Waals surface area contributed by atoms with Crippen molar-refractivity contribution in [3.63, 3.8) is 0 Å². The highest BCUT2D eigenvalue weighted by atomic mass is 32.2. The smallest absolute Gasteiger partial charge is 0.240 e. The molecule has 0 aliphatic carbocycles. The summed E-state index contributed by atoms with van der Waals surface area (Å²) in [5.41, 5.74) is 1.45. The van der Waals surface area contributed by atoms with Crippen molar-refractivity contribution in [1.82, 2.24) is 5.32 Å². The van der Waals surface area contributed by atoms with E-state index in [0.717, 1.165) is 11.5 Å². The van der Waals surface area contributed by atoms with Crippen LogP contribution < -0.4 is 15.4 Å². The van der Waals surface area contributed by atoms with Crippen LogP contribution >= 0.6 is 11.8 Å². The lowest BCUT2D eigenvalue weighted by molar-refractivity contribution is -0.122. The summed E-state index contributed by atoms with van der Waals surface area (Å²) in [5.74, 6) is 0.279. The second-order valence-corrected chi connectivity index (χ2v) is 6.45. The lowest BCUT2D eigenvalue weighted by atomic mass is 10.2. The molecule has 1 fully saturated rings. The third-order valence-electron chi connectivity index (χ3n) is 2.94. The fourth-order valence-electron chi connectivity index (χ4n) is 1.91. The maximum Gasteiger partial charge on any atom is 0.240 e. The highest BCUT2D eigenvalue weighted by Crippen LogP contribution is 2.23. The zero-order chi connectivity index (χ0) is 17.5. The van der Waals surface area contributed by atoms with Gasteiger partial charge in [-0.3, -0.25) is 9.59 Å². The number of carbonyl (C=O) groups excluding carboxylic acids is 2. The Morgan fingerprint density at radius 2 is 2.04 bits per heavy atom. The van der Waals surface area contributed by atoms with Gasteiger partial charge in [-0.15, -0.1) is 5.10 Å². The molecule has 7 nitrogen and oxygen atoms in total. The van der Waals surface area contributed by atoms with E-state index >= 15 is 0 Å². The van der Waals surface area contributed by atoms with Crippen LogP contribution in [0.5, 0.6) is 5.75 Å². The predicted molar refractivity (Wildman–Crippen MR) is 96.6 cm³/mol. The van der Waals surface area contributed by atoms with Gasteiger partial charge in [0.1, 0.15) is 11.0 Å². The lowest BCUT2D eigenvalue weighted by Gasteiger charge is -2.08. The van der Waals surface area contributed by atoms with Crippen molar-refractivity contribution in [3.8, 4) is 5.75 Å². The summed E-state index contributed by atoms with van der Waals surface area (Å²) < 4.78 is 5.35. The minimum Gasteiger partial charge on any atom is -0.494 e. The average molecular weight is 348 g/mol. The lowest BCUT2D eigenvalue weighted by Crippen LogP contribution is -2.28. The normalized spacial score (nSPS) is 18.2. The van der Waals surface area contributed by atoms with E-state index in [2.05, 4.69) is 20.8 Å². The quantitative estimate of drug-likeness (QED) is 0.610. The van der Waals surface area contributed by atoms with Crippen LogP contribution in [0, 0.1) is 0 Å². The van der Waals surface area contributed by atoms with E-state index in [4.69, 9.17) is 4.74 Å². The molecule has 1 saturated heterocycles. The van der Waals surface area contributed by atoms with E-state index in [1.807, 2.05) is 20.8 Å². The molecular weight excluding hydrogens is 328 g/mol. The molecule has 128 valence electrons. The number of benzene rings is 1. The number of carbonyl (C=O) groups is 2. The number of ether oxygens (including phenoxy) is 1. The molecule has 0 aromatic heterocycles. The zero-order valence-electron chi connectivity index (χ0n) is 13.8. The van der Waals surface area contributed by atoms with Crippen molar-refractivity contribution in [2.24, 2.45) is 10.2 Å². The summed E-state index contributed by atoms with van der Waals surface area (Å²) in [6.07, 6.45) is 0.0670. The number of hydrogen-bond donors (Lipinski definition) is 2. The summed E-state index contributed by atoms with van der Waals surface area (Å²) >= 11 is 1.21. The molecule has 1 unspecified atom stereocenters. The highest BCUT2D eigenvalue weighted by Gasteiger charge is 2.32. The van der Waals surface area contributed by atoms with Gasteiger partial charge < -0.3 is 15.4 Å². The molecule has 0 bridgehead atoms. The van der Waals surface area contributed by atoms with Crippen LogP contribution in [-0.4, -0.2) is 34.6 Å². The van der Waals surface area contributed by atoms with Crippen molar-refractivity contribution in [2.45, 2.75) is 32.4 Å². The first kappa shape index (κ1) is 18.0. The van der Waals surface area contributed by atoms with E-state index in [9.17, 15) is 9.59 Å². The van der Waals surface area contributed by atoms with Crippen LogP contribution in [0.2, 0.25) is 0 Å². The minimum absolute atomic E-state index is 0.0670. The molecule has 1 aromatic rings. The van der Waals surface area contributed by atoms with Crippen LogP contribution in [0.3, 0.4) is 0 Å². The summed E-state index contributed by atoms with van der Waals surface area (Å²) in [6, 6.07) is 7.09. The molecule has 1 heterocycles. The fourth-order valence-corrected chi connectivity index (χ4v) is 2.83. The summed E-state index contributed by atoms with van der Waals surface area (Å²) in [5, 5.41) is 13.1. The molecule has 0 spiro atoms. The Balaban J connectivity index is 1.89. The van der Waals surface area contributed by atoms with Gasteiger partial charge in [-0.25, -0.2) is 0 Å². The van der Waals surface area contributed by atoms with Crippen LogP contribution in [-0.2, 0) is 9.59 Å². The number of amidine groups is 1. The number of rotatable bonds is 6. The number of hydrogen-bond acceptors (Lipinski definition) is 6. The first-order valence-corrected chi connectivity index (χ1v) is 8.45. The van der Waals surface area contributed by atoms with Gasteiger partial charge >= 0.3 is 0 Å². The first-order chi connectivity index (χ1) is 11.5. The molecule has 1 aromatic carbocycles. The summed E-state index contributed by atoms with van der Waals surface area (Å²) in [7, 11) is 0. The van der Waals surface area contributed by atoms with Gasteiger partial charge in [-0.1, -0.05) is 11.8 Å². The Bertz CT molecular complexity index is 666. The third kappa shape index (κ3) is 5.38. The van der Waals surface area contributed by atoms with E-state index in [1.165, 1.54) is 11.8 Å². The van der Waals surface area contributed by atoms with Crippen molar-refractivity contribution < 1.29 is 14.3 Å². The Kier molecular flexibility index (Phi) is 6.36. The van der Waals surface area contributed by atoms with Gasteiger partial charge in [-0.05, 0) is 45.0 Å². The van der Waals surface area contributed by atoms with Crippen molar-refractivity contribution >= 4 is 40.1 Å². The van der Waals surface area contributed by atoms with Crippen molar-refractivity contribution in [3.05, 3.63) is 24.3 Å². The van der Waals surface area contributed by atoms with E-state index in [1.54, 1.807) is 24.3 Å². The molecular formula is C16H20N4O3S. The van der Waals surface area contributed by atoms with Gasteiger partial charge in [0, 0.05) is 17.8 Å². The maximum absolute atomic E-state index is 12.1. The van der Waals surface area contributed by atoms with E-state index in [0.29, 0.717) is 17.5 Å². The summed E-state index contributed by atoms with van der Waals surface area (Å²) in [4.78, 5) is 24.0. The zero-order valence-corrected chi connectivity index (χ0v) is 14.6. The third-order valence-corrected chi connectivity index (χ3v) is 4.01. The molecule has 1 aliphatic rings.